The molecule has 2 rings (SSSR count). The Morgan fingerprint density at radius 2 is 1.88 bits per heavy atom. The number of nitro benzene ring substituents is 1. The molecule has 1 amide bonds. The number of nitro groups is 1. The zero-order chi connectivity index (χ0) is 24.0. The summed E-state index contributed by atoms with van der Waals surface area (Å²) >= 11 is 0. The fourth-order valence-electron chi connectivity index (χ4n) is 3.42. The van der Waals surface area contributed by atoms with Crippen molar-refractivity contribution in [2.45, 2.75) is 52.7 Å². The lowest BCUT2D eigenvalue weighted by molar-refractivity contribution is -0.385. The second kappa shape index (κ2) is 10.6. The van der Waals surface area contributed by atoms with E-state index in [2.05, 4.69) is 10.3 Å². The summed E-state index contributed by atoms with van der Waals surface area (Å²) in [5.74, 6) is -1.81. The van der Waals surface area contributed by atoms with Gasteiger partial charge < -0.3 is 19.8 Å². The first-order valence-electron chi connectivity index (χ1n) is 10.1. The van der Waals surface area contributed by atoms with Crippen molar-refractivity contribution in [2.75, 3.05) is 7.11 Å². The average molecular weight is 445 g/mol. The zero-order valence-corrected chi connectivity index (χ0v) is 18.7. The molecule has 10 nitrogen and oxygen atoms in total. The summed E-state index contributed by atoms with van der Waals surface area (Å²) in [6, 6.07) is 4.83. The number of nitrogens with one attached hydrogen (secondary N) is 2. The number of H-pyrrole nitrogens is 1. The van der Waals surface area contributed by atoms with E-state index in [-0.39, 0.29) is 35.0 Å². The fourth-order valence-corrected chi connectivity index (χ4v) is 3.42. The number of hydrogen-bond donors (Lipinski definition) is 2. The van der Waals surface area contributed by atoms with Crippen LogP contribution in [0.15, 0.2) is 24.3 Å². The number of ether oxygens (including phenoxy) is 2. The van der Waals surface area contributed by atoms with Gasteiger partial charge >= 0.3 is 11.9 Å². The van der Waals surface area contributed by atoms with Crippen LogP contribution in [0.2, 0.25) is 0 Å². The number of nitrogens with zero attached hydrogens (tertiary/aromatic N) is 1. The lowest BCUT2D eigenvalue weighted by atomic mass is 10.0. The number of para-hydroxylation sites is 1. The maximum atomic E-state index is 13.1. The van der Waals surface area contributed by atoms with Gasteiger partial charge in [0, 0.05) is 11.8 Å². The number of esters is 2. The number of aryl methyl sites for hydroxylation is 1. The third kappa shape index (κ3) is 5.51. The highest BCUT2D eigenvalue weighted by molar-refractivity contribution is 6.00. The molecular weight excluding hydrogens is 418 g/mol. The largest absolute Gasteiger partial charge is 0.465 e. The Balaban J connectivity index is 2.45. The average Bonchev–Trinajstić information content (AvgIpc) is 3.08. The Labute approximate surface area is 185 Å². The molecule has 1 unspecified atom stereocenters. The number of aromatic amines is 1. The van der Waals surface area contributed by atoms with Crippen LogP contribution >= 0.6 is 0 Å². The molecule has 172 valence electrons. The molecule has 0 aliphatic carbocycles. The van der Waals surface area contributed by atoms with Crippen molar-refractivity contribution >= 4 is 23.5 Å². The van der Waals surface area contributed by atoms with Gasteiger partial charge in [0.05, 0.1) is 41.7 Å². The van der Waals surface area contributed by atoms with Crippen LogP contribution in [0.3, 0.4) is 0 Å². The van der Waals surface area contributed by atoms with Gasteiger partial charge in [-0.05, 0) is 32.8 Å². The van der Waals surface area contributed by atoms with E-state index in [1.54, 1.807) is 26.8 Å². The lowest BCUT2D eigenvalue weighted by Crippen LogP contribution is -2.32. The number of carbonyl (C=O) groups excluding carboxylic acids is 3. The minimum atomic E-state index is -1.02. The second-order valence-corrected chi connectivity index (χ2v) is 7.41. The third-order valence-corrected chi connectivity index (χ3v) is 4.85. The minimum absolute atomic E-state index is 0.114. The number of amides is 1. The Kier molecular flexibility index (Phi) is 8.11. The van der Waals surface area contributed by atoms with Crippen LogP contribution in [-0.2, 0) is 20.7 Å². The highest BCUT2D eigenvalue weighted by atomic mass is 16.6. The quantitative estimate of drug-likeness (QED) is 0.342. The second-order valence-electron chi connectivity index (χ2n) is 7.41. The monoisotopic (exact) mass is 445 g/mol. The summed E-state index contributed by atoms with van der Waals surface area (Å²) in [4.78, 5) is 51.5. The molecule has 0 fully saturated rings. The van der Waals surface area contributed by atoms with Crippen molar-refractivity contribution in [3.8, 4) is 0 Å². The minimum Gasteiger partial charge on any atom is -0.465 e. The first-order chi connectivity index (χ1) is 15.1. The predicted octanol–water partition coefficient (Wildman–Crippen LogP) is 3.39. The highest BCUT2D eigenvalue weighted by Crippen LogP contribution is 2.28. The molecule has 0 saturated heterocycles. The van der Waals surface area contributed by atoms with Gasteiger partial charge in [0.1, 0.15) is 5.69 Å². The van der Waals surface area contributed by atoms with Crippen LogP contribution in [0.5, 0.6) is 0 Å². The fraction of sp³-hybridized carbons (Fsp3) is 0.409. The molecule has 1 heterocycles. The van der Waals surface area contributed by atoms with Gasteiger partial charge in [-0.2, -0.15) is 0 Å². The summed E-state index contributed by atoms with van der Waals surface area (Å²) in [6.45, 7) is 6.78. The predicted molar refractivity (Wildman–Crippen MR) is 115 cm³/mol. The molecule has 1 aromatic heterocycles. The normalized spacial score (nSPS) is 11.7. The van der Waals surface area contributed by atoms with E-state index < -0.39 is 28.8 Å². The molecule has 0 spiro atoms. The lowest BCUT2D eigenvalue weighted by Gasteiger charge is -2.19. The standard InChI is InChI=1S/C22H27N3O7/c1-6-15-19(22(28)31-5)13(4)20(23-15)21(27)24-16(11-18(26)32-12(2)3)14-9-7-8-10-17(14)25(29)30/h7-10,12,16,23H,6,11H2,1-5H3,(H,24,27). The van der Waals surface area contributed by atoms with Gasteiger partial charge in [-0.1, -0.05) is 25.1 Å². The number of rotatable bonds is 9. The Morgan fingerprint density at radius 3 is 2.44 bits per heavy atom. The topological polar surface area (TPSA) is 141 Å². The van der Waals surface area contributed by atoms with E-state index in [9.17, 15) is 24.5 Å². The van der Waals surface area contributed by atoms with Crippen LogP contribution in [0.25, 0.3) is 0 Å². The highest BCUT2D eigenvalue weighted by Gasteiger charge is 2.29. The molecule has 32 heavy (non-hydrogen) atoms. The molecule has 2 aromatic rings. The van der Waals surface area contributed by atoms with Crippen LogP contribution < -0.4 is 5.32 Å². The Bertz CT molecular complexity index is 1030. The van der Waals surface area contributed by atoms with Crippen molar-refractivity contribution in [1.82, 2.24) is 10.3 Å². The molecule has 0 bridgehead atoms. The van der Waals surface area contributed by atoms with E-state index >= 15 is 0 Å². The summed E-state index contributed by atoms with van der Waals surface area (Å²) in [5, 5.41) is 14.2. The van der Waals surface area contributed by atoms with Crippen molar-refractivity contribution in [2.24, 2.45) is 0 Å². The first kappa shape index (κ1) is 24.6. The Hall–Kier alpha value is -3.69. The molecular formula is C22H27N3O7. The van der Waals surface area contributed by atoms with Gasteiger partial charge in [0.2, 0.25) is 0 Å². The van der Waals surface area contributed by atoms with E-state index in [0.717, 1.165) is 0 Å². The number of benzene rings is 1. The molecule has 0 aliphatic rings. The number of carbonyl (C=O) groups is 3. The van der Waals surface area contributed by atoms with Gasteiger partial charge in [-0.3, -0.25) is 19.7 Å². The van der Waals surface area contributed by atoms with Crippen LogP contribution in [0.1, 0.15) is 70.9 Å². The van der Waals surface area contributed by atoms with E-state index in [0.29, 0.717) is 17.7 Å². The van der Waals surface area contributed by atoms with Gasteiger partial charge in [-0.15, -0.1) is 0 Å². The molecule has 1 atom stereocenters. The summed E-state index contributed by atoms with van der Waals surface area (Å²) in [6.07, 6.45) is -0.240. The molecule has 2 N–H and O–H groups in total. The molecule has 0 radical (unpaired) electrons. The van der Waals surface area contributed by atoms with E-state index in [4.69, 9.17) is 9.47 Å². The van der Waals surface area contributed by atoms with Crippen LogP contribution in [0.4, 0.5) is 5.69 Å². The van der Waals surface area contributed by atoms with Crippen molar-refractivity contribution in [1.29, 1.82) is 0 Å². The summed E-state index contributed by atoms with van der Waals surface area (Å²) in [7, 11) is 1.25. The summed E-state index contributed by atoms with van der Waals surface area (Å²) in [5.41, 5.74) is 1.23. The maximum Gasteiger partial charge on any atom is 0.339 e. The van der Waals surface area contributed by atoms with Crippen LogP contribution in [-0.4, -0.2) is 41.0 Å². The molecule has 0 aliphatic heterocycles. The molecule has 10 heteroatoms. The smallest absolute Gasteiger partial charge is 0.339 e. The third-order valence-electron chi connectivity index (χ3n) is 4.85. The van der Waals surface area contributed by atoms with Crippen LogP contribution in [0, 0.1) is 17.0 Å². The zero-order valence-electron chi connectivity index (χ0n) is 18.7. The van der Waals surface area contributed by atoms with E-state index in [1.165, 1.54) is 25.3 Å². The molecule has 1 aromatic carbocycles. The SMILES string of the molecule is CCc1[nH]c(C(=O)NC(CC(=O)OC(C)C)c2ccccc2[N+](=O)[O-])c(C)c1C(=O)OC. The van der Waals surface area contributed by atoms with Gasteiger partial charge in [0.25, 0.3) is 11.6 Å². The van der Waals surface area contributed by atoms with Gasteiger partial charge in [-0.25, -0.2) is 4.79 Å². The van der Waals surface area contributed by atoms with Crippen molar-refractivity contribution < 1.29 is 28.8 Å². The number of hydrogen-bond acceptors (Lipinski definition) is 7. The van der Waals surface area contributed by atoms with Crippen molar-refractivity contribution in [3.63, 3.8) is 0 Å². The molecule has 0 saturated carbocycles. The first-order valence-corrected chi connectivity index (χ1v) is 10.1. The Morgan fingerprint density at radius 1 is 1.22 bits per heavy atom. The van der Waals surface area contributed by atoms with E-state index in [1.807, 2.05) is 6.92 Å². The number of aromatic nitrogens is 1. The maximum absolute atomic E-state index is 13.1. The van der Waals surface area contributed by atoms with Gasteiger partial charge in [0.15, 0.2) is 0 Å². The van der Waals surface area contributed by atoms with Crippen molar-refractivity contribution in [3.05, 3.63) is 62.5 Å². The summed E-state index contributed by atoms with van der Waals surface area (Å²) < 4.78 is 9.98. The number of methoxy groups -OCH3 is 1.